The lowest BCUT2D eigenvalue weighted by molar-refractivity contribution is 0.843. The number of rotatable bonds is 3. The largest absolute Gasteiger partial charge is 0.342 e. The first-order valence-corrected chi connectivity index (χ1v) is 6.55. The Morgan fingerprint density at radius 3 is 2.76 bits per heavy atom. The summed E-state index contributed by atoms with van der Waals surface area (Å²) < 4.78 is 2.28. The fourth-order valence-corrected chi connectivity index (χ4v) is 2.89. The van der Waals surface area contributed by atoms with E-state index in [9.17, 15) is 0 Å². The Balaban J connectivity index is 2.10. The molecule has 0 saturated heterocycles. The first-order valence-electron chi connectivity index (χ1n) is 5.67. The van der Waals surface area contributed by atoms with Crippen LogP contribution in [0.2, 0.25) is 0 Å². The maximum absolute atomic E-state index is 5.79. The van der Waals surface area contributed by atoms with Crippen LogP contribution in [0.3, 0.4) is 0 Å². The minimum Gasteiger partial charge on any atom is -0.342 e. The molecule has 0 unspecified atom stereocenters. The zero-order chi connectivity index (χ0) is 11.7. The minimum absolute atomic E-state index is 0.595. The maximum Gasteiger partial charge on any atom is 0.0569 e. The van der Waals surface area contributed by atoms with Gasteiger partial charge in [0.15, 0.2) is 0 Å². The molecule has 2 aromatic heterocycles. The normalized spacial score (nSPS) is 11.1. The van der Waals surface area contributed by atoms with Gasteiger partial charge in [-0.05, 0) is 23.1 Å². The molecule has 86 valence electrons. The summed E-state index contributed by atoms with van der Waals surface area (Å²) in [6.45, 7) is 1.52. The lowest BCUT2D eigenvalue weighted by Gasteiger charge is -2.02. The van der Waals surface area contributed by atoms with Crippen LogP contribution in [0.25, 0.3) is 10.9 Å². The lowest BCUT2D eigenvalue weighted by atomic mass is 10.2. The molecule has 2 N–H and O–H groups in total. The molecule has 0 aliphatic heterocycles. The number of nitrogens with two attached hydrogens (primary N) is 1. The fraction of sp³-hybridized carbons (Fsp3) is 0.143. The number of thiophene rings is 1. The number of hydrogen-bond donors (Lipinski definition) is 1. The van der Waals surface area contributed by atoms with E-state index in [4.69, 9.17) is 5.73 Å². The Labute approximate surface area is 104 Å². The molecule has 0 amide bonds. The Hall–Kier alpha value is -1.58. The van der Waals surface area contributed by atoms with Crippen LogP contribution in [0.5, 0.6) is 0 Å². The van der Waals surface area contributed by atoms with Crippen molar-refractivity contribution in [2.75, 3.05) is 0 Å². The molecule has 0 bridgehead atoms. The van der Waals surface area contributed by atoms with Crippen LogP contribution < -0.4 is 5.73 Å². The van der Waals surface area contributed by atoms with E-state index in [1.165, 1.54) is 21.3 Å². The van der Waals surface area contributed by atoms with E-state index in [-0.39, 0.29) is 0 Å². The van der Waals surface area contributed by atoms with Crippen molar-refractivity contribution in [2.24, 2.45) is 5.73 Å². The Kier molecular flexibility index (Phi) is 2.71. The van der Waals surface area contributed by atoms with E-state index >= 15 is 0 Å². The van der Waals surface area contributed by atoms with Crippen molar-refractivity contribution in [1.82, 2.24) is 4.57 Å². The van der Waals surface area contributed by atoms with E-state index in [0.29, 0.717) is 6.54 Å². The number of para-hydroxylation sites is 1. The predicted octanol–water partition coefficient (Wildman–Crippen LogP) is 3.21. The van der Waals surface area contributed by atoms with E-state index in [0.717, 1.165) is 6.54 Å². The van der Waals surface area contributed by atoms with Crippen molar-refractivity contribution >= 4 is 22.2 Å². The van der Waals surface area contributed by atoms with Crippen LogP contribution in [0.4, 0.5) is 0 Å². The summed E-state index contributed by atoms with van der Waals surface area (Å²) in [6, 6.07) is 12.7. The van der Waals surface area contributed by atoms with Gasteiger partial charge in [-0.3, -0.25) is 0 Å². The lowest BCUT2D eigenvalue weighted by Crippen LogP contribution is -1.97. The van der Waals surface area contributed by atoms with Gasteiger partial charge in [0.1, 0.15) is 0 Å². The molecule has 0 radical (unpaired) electrons. The quantitative estimate of drug-likeness (QED) is 0.751. The minimum atomic E-state index is 0.595. The highest BCUT2D eigenvalue weighted by Gasteiger charge is 2.07. The van der Waals surface area contributed by atoms with E-state index < -0.39 is 0 Å². The summed E-state index contributed by atoms with van der Waals surface area (Å²) >= 11 is 1.79. The van der Waals surface area contributed by atoms with Crippen molar-refractivity contribution in [1.29, 1.82) is 0 Å². The fourth-order valence-electron chi connectivity index (χ4n) is 2.19. The summed E-state index contributed by atoms with van der Waals surface area (Å²) in [5, 5.41) is 3.39. The highest BCUT2D eigenvalue weighted by molar-refractivity contribution is 7.09. The van der Waals surface area contributed by atoms with Crippen LogP contribution in [0.15, 0.2) is 48.0 Å². The van der Waals surface area contributed by atoms with Gasteiger partial charge in [0.25, 0.3) is 0 Å². The monoisotopic (exact) mass is 242 g/mol. The van der Waals surface area contributed by atoms with Gasteiger partial charge < -0.3 is 10.3 Å². The van der Waals surface area contributed by atoms with Crippen molar-refractivity contribution in [3.8, 4) is 0 Å². The van der Waals surface area contributed by atoms with E-state index in [2.05, 4.69) is 52.5 Å². The van der Waals surface area contributed by atoms with Gasteiger partial charge in [0, 0.05) is 28.5 Å². The van der Waals surface area contributed by atoms with Gasteiger partial charge in [0.05, 0.1) is 6.54 Å². The van der Waals surface area contributed by atoms with Gasteiger partial charge in [-0.2, -0.15) is 0 Å². The zero-order valence-corrected chi connectivity index (χ0v) is 10.3. The maximum atomic E-state index is 5.79. The van der Waals surface area contributed by atoms with Gasteiger partial charge in [-0.1, -0.05) is 24.3 Å². The molecule has 0 saturated carbocycles. The third kappa shape index (κ3) is 1.88. The average molecular weight is 242 g/mol. The number of nitrogens with zero attached hydrogens (tertiary/aromatic N) is 1. The second kappa shape index (κ2) is 4.35. The predicted molar refractivity (Wildman–Crippen MR) is 73.3 cm³/mol. The standard InChI is InChI=1S/C14H14N2S/c15-8-11-9-16(10-12-4-3-7-17-12)14-6-2-1-5-13(11)14/h1-7,9H,8,10,15H2. The molecule has 3 aromatic rings. The SMILES string of the molecule is NCc1cn(Cc2cccs2)c2ccccc12. The second-order valence-corrected chi connectivity index (χ2v) is 5.12. The average Bonchev–Trinajstić information content (AvgIpc) is 2.98. The van der Waals surface area contributed by atoms with Crippen molar-refractivity contribution in [3.05, 3.63) is 58.4 Å². The number of benzene rings is 1. The van der Waals surface area contributed by atoms with E-state index in [1.807, 2.05) is 0 Å². The molecule has 2 nitrogen and oxygen atoms in total. The summed E-state index contributed by atoms with van der Waals surface area (Å²) in [4.78, 5) is 1.37. The highest BCUT2D eigenvalue weighted by Crippen LogP contribution is 2.22. The topological polar surface area (TPSA) is 30.9 Å². The van der Waals surface area contributed by atoms with E-state index in [1.54, 1.807) is 11.3 Å². The first kappa shape index (κ1) is 10.6. The van der Waals surface area contributed by atoms with Gasteiger partial charge in [-0.15, -0.1) is 11.3 Å². The molecule has 2 heterocycles. The summed E-state index contributed by atoms with van der Waals surface area (Å²) in [7, 11) is 0. The van der Waals surface area contributed by atoms with Gasteiger partial charge in [-0.25, -0.2) is 0 Å². The van der Waals surface area contributed by atoms with Crippen LogP contribution in [0, 0.1) is 0 Å². The van der Waals surface area contributed by atoms with Crippen molar-refractivity contribution < 1.29 is 0 Å². The van der Waals surface area contributed by atoms with Gasteiger partial charge >= 0.3 is 0 Å². The molecule has 0 spiro atoms. The Morgan fingerprint density at radius 1 is 1.12 bits per heavy atom. The van der Waals surface area contributed by atoms with Crippen LogP contribution in [-0.4, -0.2) is 4.57 Å². The second-order valence-electron chi connectivity index (χ2n) is 4.08. The molecule has 17 heavy (non-hydrogen) atoms. The summed E-state index contributed by atoms with van der Waals surface area (Å²) in [5.74, 6) is 0. The van der Waals surface area contributed by atoms with Crippen LogP contribution >= 0.6 is 11.3 Å². The number of fused-ring (bicyclic) bond motifs is 1. The number of aromatic nitrogens is 1. The molecule has 1 aromatic carbocycles. The Morgan fingerprint density at radius 2 is 2.00 bits per heavy atom. The molecule has 0 fully saturated rings. The summed E-state index contributed by atoms with van der Waals surface area (Å²) in [6.07, 6.45) is 2.17. The molecule has 0 aliphatic rings. The zero-order valence-electron chi connectivity index (χ0n) is 9.47. The molecular formula is C14H14N2S. The third-order valence-electron chi connectivity index (χ3n) is 3.00. The number of hydrogen-bond acceptors (Lipinski definition) is 2. The molecule has 0 atom stereocenters. The molecule has 0 aliphatic carbocycles. The van der Waals surface area contributed by atoms with Crippen LogP contribution in [-0.2, 0) is 13.1 Å². The van der Waals surface area contributed by atoms with Crippen molar-refractivity contribution in [3.63, 3.8) is 0 Å². The van der Waals surface area contributed by atoms with Gasteiger partial charge in [0.2, 0.25) is 0 Å². The Bertz CT molecular complexity index is 623. The molecule has 3 heteroatoms. The van der Waals surface area contributed by atoms with Crippen LogP contribution in [0.1, 0.15) is 10.4 Å². The van der Waals surface area contributed by atoms with Crippen molar-refractivity contribution in [2.45, 2.75) is 13.1 Å². The molecule has 3 rings (SSSR count). The first-order chi connectivity index (χ1) is 8.38. The summed E-state index contributed by atoms with van der Waals surface area (Å²) in [5.41, 5.74) is 8.28. The smallest absolute Gasteiger partial charge is 0.0569 e. The molecular weight excluding hydrogens is 228 g/mol. The highest BCUT2D eigenvalue weighted by atomic mass is 32.1. The third-order valence-corrected chi connectivity index (χ3v) is 3.86.